The number of quaternary nitrogens is 1. The first-order chi connectivity index (χ1) is 6.22. The monoisotopic (exact) mass is 246 g/mol. The number of aliphatic hydroxyl groups excluding tert-OH is 1. The van der Waals surface area contributed by atoms with Crippen LogP contribution in [0, 0.1) is 0 Å². The van der Waals surface area contributed by atoms with Gasteiger partial charge in [-0.1, -0.05) is 15.9 Å². The Balaban J connectivity index is 2.41. The topological polar surface area (TPSA) is 57.1 Å². The smallest absolute Gasteiger partial charge is 0.136 e. The molecular formula is C9H13BrNO2+. The van der Waals surface area contributed by atoms with Crippen LogP contribution in [0.3, 0.4) is 0 Å². The van der Waals surface area contributed by atoms with E-state index in [4.69, 9.17) is 4.74 Å². The number of ether oxygens (including phenoxy) is 1. The van der Waals surface area contributed by atoms with Crippen molar-refractivity contribution in [3.8, 4) is 5.75 Å². The maximum atomic E-state index is 9.18. The number of benzene rings is 1. The van der Waals surface area contributed by atoms with Gasteiger partial charge in [0.2, 0.25) is 0 Å². The highest BCUT2D eigenvalue weighted by atomic mass is 79.9. The lowest BCUT2D eigenvalue weighted by Crippen LogP contribution is -2.56. The van der Waals surface area contributed by atoms with Crippen molar-refractivity contribution in [3.05, 3.63) is 28.7 Å². The van der Waals surface area contributed by atoms with Gasteiger partial charge in [0.25, 0.3) is 0 Å². The van der Waals surface area contributed by atoms with Crippen LogP contribution in [0.5, 0.6) is 5.75 Å². The number of hydrogen-bond acceptors (Lipinski definition) is 2. The molecule has 1 aromatic rings. The molecule has 1 atom stereocenters. The van der Waals surface area contributed by atoms with Crippen LogP contribution in [0.4, 0.5) is 0 Å². The van der Waals surface area contributed by atoms with Gasteiger partial charge >= 0.3 is 0 Å². The summed E-state index contributed by atoms with van der Waals surface area (Å²) in [5.41, 5.74) is 3.57. The molecule has 4 heteroatoms. The first-order valence-corrected chi connectivity index (χ1v) is 4.87. The van der Waals surface area contributed by atoms with Crippen LogP contribution < -0.4 is 10.5 Å². The minimum atomic E-state index is -0.483. The number of rotatable bonds is 4. The summed E-state index contributed by atoms with van der Waals surface area (Å²) in [6, 6.07) is 7.48. The predicted octanol–water partition coefficient (Wildman–Crippen LogP) is 0.431. The summed E-state index contributed by atoms with van der Waals surface area (Å²) in [5, 5.41) is 9.18. The van der Waals surface area contributed by atoms with E-state index in [1.54, 1.807) is 0 Å². The Labute approximate surface area is 85.6 Å². The Kier molecular flexibility index (Phi) is 4.21. The second-order valence-electron chi connectivity index (χ2n) is 2.71. The van der Waals surface area contributed by atoms with Crippen LogP contribution in [0.2, 0.25) is 0 Å². The van der Waals surface area contributed by atoms with E-state index in [1.807, 2.05) is 24.3 Å². The minimum Gasteiger partial charge on any atom is -0.491 e. The molecule has 0 aliphatic heterocycles. The van der Waals surface area contributed by atoms with Crippen molar-refractivity contribution in [1.29, 1.82) is 0 Å². The fourth-order valence-corrected chi connectivity index (χ4v) is 1.07. The fraction of sp³-hybridized carbons (Fsp3) is 0.333. The van der Waals surface area contributed by atoms with E-state index in [0.29, 0.717) is 13.2 Å². The summed E-state index contributed by atoms with van der Waals surface area (Å²) in [6.07, 6.45) is -0.483. The third-order valence-corrected chi connectivity index (χ3v) is 2.12. The number of halogens is 1. The van der Waals surface area contributed by atoms with Gasteiger partial charge in [-0.2, -0.15) is 0 Å². The maximum absolute atomic E-state index is 9.18. The highest BCUT2D eigenvalue weighted by Crippen LogP contribution is 2.15. The van der Waals surface area contributed by atoms with E-state index in [0.717, 1.165) is 10.2 Å². The van der Waals surface area contributed by atoms with Crippen molar-refractivity contribution in [3.63, 3.8) is 0 Å². The SMILES string of the molecule is [NH3+]C[C@@H](O)COc1ccc(Br)cc1. The first kappa shape index (κ1) is 10.5. The molecule has 0 radical (unpaired) electrons. The molecule has 0 fully saturated rings. The second kappa shape index (κ2) is 5.21. The average molecular weight is 247 g/mol. The summed E-state index contributed by atoms with van der Waals surface area (Å²) < 4.78 is 6.31. The van der Waals surface area contributed by atoms with E-state index < -0.39 is 6.10 Å². The normalized spacial score (nSPS) is 12.5. The zero-order valence-electron chi connectivity index (χ0n) is 7.24. The standard InChI is InChI=1S/C9H12BrNO2/c10-7-1-3-9(4-2-7)13-6-8(12)5-11/h1-4,8,12H,5-6,11H2/p+1/t8-/m1/s1. The van der Waals surface area contributed by atoms with Gasteiger partial charge in [-0.15, -0.1) is 0 Å². The third kappa shape index (κ3) is 3.76. The van der Waals surface area contributed by atoms with Gasteiger partial charge in [0.1, 0.15) is 25.0 Å². The molecule has 4 N–H and O–H groups in total. The largest absolute Gasteiger partial charge is 0.491 e. The molecule has 0 unspecified atom stereocenters. The Morgan fingerprint density at radius 1 is 1.38 bits per heavy atom. The molecule has 0 amide bonds. The van der Waals surface area contributed by atoms with Crippen LogP contribution in [0.15, 0.2) is 28.7 Å². The van der Waals surface area contributed by atoms with E-state index in [1.165, 1.54) is 0 Å². The van der Waals surface area contributed by atoms with Crippen LogP contribution in [0.25, 0.3) is 0 Å². The van der Waals surface area contributed by atoms with Gasteiger partial charge in [-0.05, 0) is 24.3 Å². The molecular weight excluding hydrogens is 234 g/mol. The van der Waals surface area contributed by atoms with E-state index >= 15 is 0 Å². The molecule has 3 nitrogen and oxygen atoms in total. The third-order valence-electron chi connectivity index (χ3n) is 1.59. The molecule has 0 aliphatic carbocycles. The molecule has 1 aromatic carbocycles. The van der Waals surface area contributed by atoms with Gasteiger partial charge in [0.05, 0.1) is 0 Å². The van der Waals surface area contributed by atoms with E-state index in [-0.39, 0.29) is 0 Å². The van der Waals surface area contributed by atoms with Gasteiger partial charge in [0.15, 0.2) is 0 Å². The minimum absolute atomic E-state index is 0.297. The zero-order valence-corrected chi connectivity index (χ0v) is 8.83. The van der Waals surface area contributed by atoms with Crippen molar-refractivity contribution >= 4 is 15.9 Å². The Morgan fingerprint density at radius 2 is 2.00 bits per heavy atom. The lowest BCUT2D eigenvalue weighted by atomic mass is 10.3. The Bertz CT molecular complexity index is 250. The first-order valence-electron chi connectivity index (χ1n) is 4.08. The summed E-state index contributed by atoms with van der Waals surface area (Å²) in [5.74, 6) is 0.760. The molecule has 0 saturated heterocycles. The van der Waals surface area contributed by atoms with Crippen molar-refractivity contribution in [2.24, 2.45) is 0 Å². The summed E-state index contributed by atoms with van der Waals surface area (Å²) in [7, 11) is 0. The summed E-state index contributed by atoms with van der Waals surface area (Å²) in [6.45, 7) is 0.766. The average Bonchev–Trinajstić information content (AvgIpc) is 2.16. The van der Waals surface area contributed by atoms with Crippen LogP contribution >= 0.6 is 15.9 Å². The molecule has 0 aromatic heterocycles. The van der Waals surface area contributed by atoms with Gasteiger partial charge in [-0.25, -0.2) is 0 Å². The van der Waals surface area contributed by atoms with Crippen molar-refractivity contribution in [2.45, 2.75) is 6.10 Å². The fourth-order valence-electron chi connectivity index (χ4n) is 0.807. The molecule has 13 heavy (non-hydrogen) atoms. The molecule has 0 aliphatic rings. The summed E-state index contributed by atoms with van der Waals surface area (Å²) in [4.78, 5) is 0. The highest BCUT2D eigenvalue weighted by Gasteiger charge is 2.03. The van der Waals surface area contributed by atoms with Crippen LogP contribution in [-0.4, -0.2) is 24.4 Å². The van der Waals surface area contributed by atoms with Crippen molar-refractivity contribution in [1.82, 2.24) is 0 Å². The molecule has 0 heterocycles. The lowest BCUT2D eigenvalue weighted by Gasteiger charge is -2.08. The lowest BCUT2D eigenvalue weighted by molar-refractivity contribution is -0.384. The molecule has 0 spiro atoms. The predicted molar refractivity (Wildman–Crippen MR) is 53.4 cm³/mol. The Hall–Kier alpha value is -0.580. The van der Waals surface area contributed by atoms with Gasteiger partial charge < -0.3 is 15.6 Å². The summed E-state index contributed by atoms with van der Waals surface area (Å²) >= 11 is 3.32. The van der Waals surface area contributed by atoms with E-state index in [2.05, 4.69) is 21.7 Å². The van der Waals surface area contributed by atoms with Gasteiger partial charge in [-0.3, -0.25) is 0 Å². The van der Waals surface area contributed by atoms with Crippen molar-refractivity contribution in [2.75, 3.05) is 13.2 Å². The quantitative estimate of drug-likeness (QED) is 0.810. The van der Waals surface area contributed by atoms with E-state index in [9.17, 15) is 5.11 Å². The maximum Gasteiger partial charge on any atom is 0.136 e. The molecule has 72 valence electrons. The number of aliphatic hydroxyl groups is 1. The molecule has 0 saturated carbocycles. The van der Waals surface area contributed by atoms with Gasteiger partial charge in [0, 0.05) is 4.47 Å². The highest BCUT2D eigenvalue weighted by molar-refractivity contribution is 9.10. The zero-order chi connectivity index (χ0) is 9.68. The molecule has 1 rings (SSSR count). The van der Waals surface area contributed by atoms with Crippen molar-refractivity contribution < 1.29 is 15.6 Å². The Morgan fingerprint density at radius 3 is 2.54 bits per heavy atom. The van der Waals surface area contributed by atoms with Crippen LogP contribution in [-0.2, 0) is 0 Å². The number of hydrogen-bond donors (Lipinski definition) is 2. The van der Waals surface area contributed by atoms with Crippen LogP contribution in [0.1, 0.15) is 0 Å². The second-order valence-corrected chi connectivity index (χ2v) is 3.62. The molecule has 0 bridgehead atoms.